The quantitative estimate of drug-likeness (QED) is 0.222. The lowest BCUT2D eigenvalue weighted by Gasteiger charge is -2.19. The van der Waals surface area contributed by atoms with Crippen LogP contribution in [0.5, 0.6) is 23.0 Å². The zero-order valence-electron chi connectivity index (χ0n) is 25.0. The molecule has 2 aliphatic carbocycles. The van der Waals surface area contributed by atoms with Crippen LogP contribution in [0.4, 0.5) is 14.5 Å². The van der Waals surface area contributed by atoms with E-state index in [1.54, 1.807) is 31.5 Å². The van der Waals surface area contributed by atoms with Gasteiger partial charge in [-0.25, -0.2) is 8.78 Å². The zero-order valence-corrected chi connectivity index (χ0v) is 25.0. The summed E-state index contributed by atoms with van der Waals surface area (Å²) in [6.07, 6.45) is 5.65. The van der Waals surface area contributed by atoms with Crippen molar-refractivity contribution < 1.29 is 32.6 Å². The van der Waals surface area contributed by atoms with Gasteiger partial charge in [-0.1, -0.05) is 13.8 Å². The van der Waals surface area contributed by atoms with Crippen molar-refractivity contribution in [3.63, 3.8) is 0 Å². The summed E-state index contributed by atoms with van der Waals surface area (Å²) in [4.78, 5) is 32.6. The molecule has 1 aromatic heterocycles. The predicted molar refractivity (Wildman–Crippen MR) is 163 cm³/mol. The highest BCUT2D eigenvalue weighted by Crippen LogP contribution is 2.47. The van der Waals surface area contributed by atoms with Gasteiger partial charge in [0.15, 0.2) is 23.1 Å². The maximum absolute atomic E-state index is 15.2. The van der Waals surface area contributed by atoms with Crippen molar-refractivity contribution in [3.05, 3.63) is 72.1 Å². The number of aromatic nitrogens is 1. The Kier molecular flexibility index (Phi) is 9.43. The number of halogens is 2. The first-order chi connectivity index (χ1) is 21.3. The van der Waals surface area contributed by atoms with Gasteiger partial charge in [0.2, 0.25) is 11.8 Å². The summed E-state index contributed by atoms with van der Waals surface area (Å²) < 4.78 is 46.0. The van der Waals surface area contributed by atoms with E-state index in [1.807, 2.05) is 0 Å². The van der Waals surface area contributed by atoms with E-state index in [4.69, 9.17) is 14.2 Å². The Balaban J connectivity index is 1.28. The molecule has 0 aliphatic heterocycles. The number of nitrogens with one attached hydrogen (secondary N) is 2. The molecule has 2 N–H and O–H groups in total. The molecule has 1 fully saturated rings. The van der Waals surface area contributed by atoms with E-state index in [1.165, 1.54) is 24.3 Å². The maximum atomic E-state index is 15.2. The normalized spacial score (nSPS) is 15.3. The molecule has 9 nitrogen and oxygen atoms in total. The minimum absolute atomic E-state index is 0.0567. The fourth-order valence-electron chi connectivity index (χ4n) is 5.01. The zero-order chi connectivity index (χ0) is 31.3. The lowest BCUT2D eigenvalue weighted by molar-refractivity contribution is -0.133. The first-order valence-electron chi connectivity index (χ1n) is 14.7. The van der Waals surface area contributed by atoms with Crippen molar-refractivity contribution in [2.75, 3.05) is 38.7 Å². The number of anilines is 1. The third-order valence-electron chi connectivity index (χ3n) is 7.95. The average molecular weight is 607 g/mol. The molecule has 0 unspecified atom stereocenters. The van der Waals surface area contributed by atoms with Gasteiger partial charge < -0.3 is 29.7 Å². The number of carbonyl (C=O) groups is 2. The lowest BCUT2D eigenvalue weighted by Crippen LogP contribution is -2.39. The van der Waals surface area contributed by atoms with Crippen LogP contribution >= 0.6 is 0 Å². The molecule has 1 saturated carbocycles. The van der Waals surface area contributed by atoms with Gasteiger partial charge in [0.25, 0.3) is 0 Å². The third-order valence-corrected chi connectivity index (χ3v) is 7.95. The molecule has 11 heteroatoms. The number of hydrogen-bond donors (Lipinski definition) is 2. The Labute approximate surface area is 254 Å². The Hall–Kier alpha value is -4.51. The number of allylic oxidation sites excluding steroid dienone is 4. The summed E-state index contributed by atoms with van der Waals surface area (Å²) in [6.45, 7) is 7.23. The van der Waals surface area contributed by atoms with E-state index in [2.05, 4.69) is 34.4 Å². The van der Waals surface area contributed by atoms with Crippen LogP contribution in [-0.4, -0.2) is 55.0 Å². The number of methoxy groups -OCH3 is 1. The standard InChI is InChI=1S/C33H36F2N4O5/c1-4-39(5-2)16-17-43-30-19-24-26(20-29(30)42-3)36-15-12-27(24)44-28-11-10-23(18-25(28)35)38-32(41)33(13-14-33)31(40)37-22-8-6-21(34)7-9-22/h6,8,10-12,15,18-20H,4-5,7,9,13-14,16-17H2,1-3H3,(H,37,40)(H,38,41). The molecule has 0 radical (unpaired) electrons. The number of fused-ring (bicyclic) bond motifs is 1. The molecule has 5 rings (SSSR count). The maximum Gasteiger partial charge on any atom is 0.240 e. The molecule has 0 saturated heterocycles. The van der Waals surface area contributed by atoms with Crippen molar-refractivity contribution in [2.45, 2.75) is 39.5 Å². The molecule has 3 aromatic rings. The van der Waals surface area contributed by atoms with Crippen molar-refractivity contribution in [3.8, 4) is 23.0 Å². The van der Waals surface area contributed by atoms with Crippen molar-refractivity contribution in [1.29, 1.82) is 0 Å². The number of benzene rings is 2. The third kappa shape index (κ3) is 6.83. The van der Waals surface area contributed by atoms with Crippen LogP contribution in [0.3, 0.4) is 0 Å². The second-order valence-electron chi connectivity index (χ2n) is 10.7. The molecule has 44 heavy (non-hydrogen) atoms. The molecule has 0 spiro atoms. The van der Waals surface area contributed by atoms with Crippen LogP contribution in [0.1, 0.15) is 39.5 Å². The molecule has 1 heterocycles. The number of ether oxygens (including phenoxy) is 3. The van der Waals surface area contributed by atoms with Crippen molar-refractivity contribution >= 4 is 28.4 Å². The molecule has 232 valence electrons. The van der Waals surface area contributed by atoms with Crippen molar-refractivity contribution in [1.82, 2.24) is 15.2 Å². The molecular weight excluding hydrogens is 570 g/mol. The summed E-state index contributed by atoms with van der Waals surface area (Å²) in [6, 6.07) is 9.21. The van der Waals surface area contributed by atoms with E-state index in [0.29, 0.717) is 59.7 Å². The number of rotatable bonds is 13. The van der Waals surface area contributed by atoms with Gasteiger partial charge in [0.05, 0.1) is 12.6 Å². The second kappa shape index (κ2) is 13.4. The van der Waals surface area contributed by atoms with Gasteiger partial charge in [-0.05, 0) is 68.8 Å². The van der Waals surface area contributed by atoms with E-state index in [9.17, 15) is 14.0 Å². The van der Waals surface area contributed by atoms with Gasteiger partial charge in [-0.2, -0.15) is 0 Å². The number of hydrogen-bond acceptors (Lipinski definition) is 7. The van der Waals surface area contributed by atoms with Crippen LogP contribution in [0.15, 0.2) is 66.3 Å². The van der Waals surface area contributed by atoms with Crippen LogP contribution in [0, 0.1) is 11.2 Å². The average Bonchev–Trinajstić information content (AvgIpc) is 3.84. The molecule has 2 aliphatic rings. The first kappa shape index (κ1) is 30.9. The number of carbonyl (C=O) groups excluding carboxylic acids is 2. The van der Waals surface area contributed by atoms with Gasteiger partial charge >= 0.3 is 0 Å². The fraction of sp³-hybridized carbons (Fsp3) is 0.364. The summed E-state index contributed by atoms with van der Waals surface area (Å²) in [5, 5.41) is 6.00. The second-order valence-corrected chi connectivity index (χ2v) is 10.7. The van der Waals surface area contributed by atoms with Gasteiger partial charge in [0.1, 0.15) is 23.6 Å². The summed E-state index contributed by atoms with van der Waals surface area (Å²) in [5.74, 6) is -0.581. The number of nitrogens with zero attached hydrogens (tertiary/aromatic N) is 2. The smallest absolute Gasteiger partial charge is 0.240 e. The first-order valence-corrected chi connectivity index (χ1v) is 14.7. The van der Waals surface area contributed by atoms with Crippen molar-refractivity contribution in [2.24, 2.45) is 5.41 Å². The number of amides is 2. The van der Waals surface area contributed by atoms with E-state index in [0.717, 1.165) is 25.7 Å². The van der Waals surface area contributed by atoms with Gasteiger partial charge in [-0.3, -0.25) is 14.6 Å². The largest absolute Gasteiger partial charge is 0.493 e. The molecule has 2 amide bonds. The van der Waals surface area contributed by atoms with Gasteiger partial charge in [-0.15, -0.1) is 0 Å². The SMILES string of the molecule is CCN(CC)CCOc1cc2c(Oc3ccc(NC(=O)C4(C(=O)NC5=CC=C(F)CC5)CC4)cc3F)ccnc2cc1OC. The molecule has 0 atom stereocenters. The predicted octanol–water partition coefficient (Wildman–Crippen LogP) is 6.26. The van der Waals surface area contributed by atoms with Crippen LogP contribution in [0.2, 0.25) is 0 Å². The van der Waals surface area contributed by atoms with E-state index in [-0.39, 0.29) is 23.7 Å². The molecule has 0 bridgehead atoms. The minimum Gasteiger partial charge on any atom is -0.493 e. The monoisotopic (exact) mass is 606 g/mol. The Morgan fingerprint density at radius 3 is 2.36 bits per heavy atom. The van der Waals surface area contributed by atoms with E-state index >= 15 is 4.39 Å². The minimum atomic E-state index is -1.24. The van der Waals surface area contributed by atoms with Crippen LogP contribution < -0.4 is 24.8 Å². The summed E-state index contributed by atoms with van der Waals surface area (Å²) in [5.41, 5.74) is 0.0873. The Morgan fingerprint density at radius 1 is 0.932 bits per heavy atom. The molecule has 2 aromatic carbocycles. The lowest BCUT2D eigenvalue weighted by atomic mass is 10.0. The number of likely N-dealkylation sites (N-methyl/N-ethyl adjacent to an activating group) is 1. The Bertz CT molecular complexity index is 1620. The topological polar surface area (TPSA) is 102 Å². The van der Waals surface area contributed by atoms with E-state index < -0.39 is 23.0 Å². The highest BCUT2D eigenvalue weighted by molar-refractivity contribution is 6.13. The fourth-order valence-corrected chi connectivity index (χ4v) is 5.01. The van der Waals surface area contributed by atoms with Crippen LogP contribution in [0.25, 0.3) is 10.9 Å². The highest BCUT2D eigenvalue weighted by Gasteiger charge is 2.56. The Morgan fingerprint density at radius 2 is 1.70 bits per heavy atom. The molecular formula is C33H36F2N4O5. The summed E-state index contributed by atoms with van der Waals surface area (Å²) in [7, 11) is 1.56. The van der Waals surface area contributed by atoms with Gasteiger partial charge in [0, 0.05) is 48.1 Å². The van der Waals surface area contributed by atoms with Crippen LogP contribution in [-0.2, 0) is 9.59 Å². The highest BCUT2D eigenvalue weighted by atomic mass is 19.1. The number of pyridine rings is 1. The summed E-state index contributed by atoms with van der Waals surface area (Å²) >= 11 is 0.